The molecule has 1 rings (SSSR count). The molecule has 0 heterocycles. The summed E-state index contributed by atoms with van der Waals surface area (Å²) in [6.07, 6.45) is 1.03. The van der Waals surface area contributed by atoms with E-state index in [0.717, 1.165) is 13.0 Å². The highest BCUT2D eigenvalue weighted by atomic mass is 19.1. The third-order valence-corrected chi connectivity index (χ3v) is 3.15. The summed E-state index contributed by atoms with van der Waals surface area (Å²) in [5.74, 6) is -0.0765. The molecule has 1 N–H and O–H groups in total. The van der Waals surface area contributed by atoms with Gasteiger partial charge in [0.25, 0.3) is 0 Å². The van der Waals surface area contributed by atoms with Crippen molar-refractivity contribution < 1.29 is 18.6 Å². The van der Waals surface area contributed by atoms with Gasteiger partial charge in [0.05, 0.1) is 13.2 Å². The molecule has 0 aliphatic carbocycles. The van der Waals surface area contributed by atoms with Crippen molar-refractivity contribution >= 4 is 0 Å². The quantitative estimate of drug-likeness (QED) is 0.707. The van der Waals surface area contributed by atoms with Crippen molar-refractivity contribution in [2.24, 2.45) is 0 Å². The van der Waals surface area contributed by atoms with E-state index in [1.165, 1.54) is 7.11 Å². The van der Waals surface area contributed by atoms with Gasteiger partial charge in [0.1, 0.15) is 0 Å². The Balaban J connectivity index is 2.88. The van der Waals surface area contributed by atoms with Crippen molar-refractivity contribution in [2.75, 3.05) is 27.9 Å². The third kappa shape index (κ3) is 4.44. The van der Waals surface area contributed by atoms with E-state index in [-0.39, 0.29) is 17.6 Å². The molecule has 0 spiro atoms. The van der Waals surface area contributed by atoms with Crippen molar-refractivity contribution in [3.8, 4) is 5.75 Å². The lowest BCUT2D eigenvalue weighted by Crippen LogP contribution is -2.44. The van der Waals surface area contributed by atoms with Gasteiger partial charge in [-0.05, 0) is 31.0 Å². The van der Waals surface area contributed by atoms with Crippen LogP contribution in [-0.2, 0) is 15.9 Å². The Hall–Kier alpha value is -1.17. The number of hydrogen-bond acceptors (Lipinski definition) is 4. The van der Waals surface area contributed by atoms with Gasteiger partial charge in [0.2, 0.25) is 0 Å². The van der Waals surface area contributed by atoms with Crippen LogP contribution in [0.15, 0.2) is 18.2 Å². The molecule has 20 heavy (non-hydrogen) atoms. The number of nitrogens with one attached hydrogen (secondary N) is 1. The maximum absolute atomic E-state index is 14.2. The summed E-state index contributed by atoms with van der Waals surface area (Å²) in [7, 11) is 4.62. The molecule has 1 atom stereocenters. The van der Waals surface area contributed by atoms with Crippen LogP contribution in [-0.4, -0.2) is 40.2 Å². The highest BCUT2D eigenvalue weighted by molar-refractivity contribution is 5.31. The zero-order chi connectivity index (χ0) is 15.0. The van der Waals surface area contributed by atoms with Crippen LogP contribution in [0.4, 0.5) is 4.39 Å². The molecule has 5 heteroatoms. The Morgan fingerprint density at radius 3 is 2.45 bits per heavy atom. The minimum absolute atomic E-state index is 0.119. The van der Waals surface area contributed by atoms with Gasteiger partial charge in [-0.2, -0.15) is 0 Å². The van der Waals surface area contributed by atoms with Crippen LogP contribution >= 0.6 is 0 Å². The second-order valence-electron chi connectivity index (χ2n) is 4.54. The molecule has 1 aromatic rings. The van der Waals surface area contributed by atoms with E-state index in [9.17, 15) is 4.39 Å². The smallest absolute Gasteiger partial charge is 0.172 e. The van der Waals surface area contributed by atoms with Gasteiger partial charge in [-0.3, -0.25) is 0 Å². The normalized spacial score (nSPS) is 12.7. The standard InChI is InChI=1S/C15H24FNO3/c1-5-9-17-12(15(19-3)20-4)10-11-7-6-8-13(18-2)14(11)16/h6-8,12,15,17H,5,9-10H2,1-4H3. The number of halogens is 1. The van der Waals surface area contributed by atoms with E-state index >= 15 is 0 Å². The lowest BCUT2D eigenvalue weighted by Gasteiger charge is -2.26. The third-order valence-electron chi connectivity index (χ3n) is 3.15. The van der Waals surface area contributed by atoms with Crippen molar-refractivity contribution in [1.82, 2.24) is 5.32 Å². The first-order valence-corrected chi connectivity index (χ1v) is 6.78. The molecular formula is C15H24FNO3. The zero-order valence-corrected chi connectivity index (χ0v) is 12.6. The first-order chi connectivity index (χ1) is 9.67. The Morgan fingerprint density at radius 2 is 1.90 bits per heavy atom. The lowest BCUT2D eigenvalue weighted by molar-refractivity contribution is -0.122. The van der Waals surface area contributed by atoms with Crippen molar-refractivity contribution in [3.05, 3.63) is 29.6 Å². The summed E-state index contributed by atoms with van der Waals surface area (Å²) in [4.78, 5) is 0. The van der Waals surface area contributed by atoms with Gasteiger partial charge in [0, 0.05) is 14.2 Å². The van der Waals surface area contributed by atoms with Crippen LogP contribution < -0.4 is 10.1 Å². The topological polar surface area (TPSA) is 39.7 Å². The second kappa shape index (κ2) is 8.89. The average Bonchev–Trinajstić information content (AvgIpc) is 2.47. The van der Waals surface area contributed by atoms with Crippen LogP contribution in [0.3, 0.4) is 0 Å². The average molecular weight is 285 g/mol. The predicted molar refractivity (Wildman–Crippen MR) is 76.5 cm³/mol. The molecule has 0 saturated carbocycles. The van der Waals surface area contributed by atoms with E-state index < -0.39 is 6.29 Å². The summed E-state index contributed by atoms with van der Waals surface area (Å²) < 4.78 is 29.8. The monoisotopic (exact) mass is 285 g/mol. The summed E-state index contributed by atoms with van der Waals surface area (Å²) in [6, 6.07) is 5.02. The van der Waals surface area contributed by atoms with E-state index in [0.29, 0.717) is 12.0 Å². The van der Waals surface area contributed by atoms with Crippen LogP contribution in [0, 0.1) is 5.82 Å². The molecular weight excluding hydrogens is 261 g/mol. The molecule has 4 nitrogen and oxygen atoms in total. The van der Waals surface area contributed by atoms with Crippen molar-refractivity contribution in [2.45, 2.75) is 32.1 Å². The molecule has 0 fully saturated rings. The van der Waals surface area contributed by atoms with Gasteiger partial charge in [-0.25, -0.2) is 4.39 Å². The lowest BCUT2D eigenvalue weighted by atomic mass is 10.0. The van der Waals surface area contributed by atoms with E-state index in [1.54, 1.807) is 32.4 Å². The van der Waals surface area contributed by atoms with Gasteiger partial charge < -0.3 is 19.5 Å². The molecule has 0 saturated heterocycles. The molecule has 1 unspecified atom stereocenters. The maximum Gasteiger partial charge on any atom is 0.172 e. The molecule has 0 bridgehead atoms. The zero-order valence-electron chi connectivity index (χ0n) is 12.6. The summed E-state index contributed by atoms with van der Waals surface area (Å²) in [5, 5.41) is 3.33. The highest BCUT2D eigenvalue weighted by Gasteiger charge is 2.22. The number of ether oxygens (including phenoxy) is 3. The van der Waals surface area contributed by atoms with Crippen LogP contribution in [0.2, 0.25) is 0 Å². The number of methoxy groups -OCH3 is 3. The summed E-state index contributed by atoms with van der Waals surface area (Å²) >= 11 is 0. The van der Waals surface area contributed by atoms with E-state index in [2.05, 4.69) is 12.2 Å². The highest BCUT2D eigenvalue weighted by Crippen LogP contribution is 2.22. The Kier molecular flexibility index (Phi) is 7.51. The fraction of sp³-hybridized carbons (Fsp3) is 0.600. The fourth-order valence-corrected chi connectivity index (χ4v) is 2.13. The Morgan fingerprint density at radius 1 is 1.20 bits per heavy atom. The molecule has 0 amide bonds. The molecule has 0 aliphatic rings. The van der Waals surface area contributed by atoms with E-state index in [1.807, 2.05) is 0 Å². The number of benzene rings is 1. The number of rotatable bonds is 9. The molecule has 0 radical (unpaired) electrons. The minimum Gasteiger partial charge on any atom is -0.494 e. The molecule has 1 aromatic carbocycles. The fourth-order valence-electron chi connectivity index (χ4n) is 2.13. The molecule has 114 valence electrons. The van der Waals surface area contributed by atoms with Crippen LogP contribution in [0.1, 0.15) is 18.9 Å². The van der Waals surface area contributed by atoms with Crippen LogP contribution in [0.25, 0.3) is 0 Å². The van der Waals surface area contributed by atoms with Gasteiger partial charge >= 0.3 is 0 Å². The van der Waals surface area contributed by atoms with Gasteiger partial charge in [-0.1, -0.05) is 19.1 Å². The number of hydrogen-bond donors (Lipinski definition) is 1. The minimum atomic E-state index is -0.424. The first kappa shape index (κ1) is 16.9. The van der Waals surface area contributed by atoms with Gasteiger partial charge in [0.15, 0.2) is 17.9 Å². The maximum atomic E-state index is 14.2. The van der Waals surface area contributed by atoms with Gasteiger partial charge in [-0.15, -0.1) is 0 Å². The Bertz CT molecular complexity index is 397. The summed E-state index contributed by atoms with van der Waals surface area (Å²) in [6.45, 7) is 2.89. The summed E-state index contributed by atoms with van der Waals surface area (Å²) in [5.41, 5.74) is 0.581. The predicted octanol–water partition coefficient (Wildman–Crippen LogP) is 2.36. The van der Waals surface area contributed by atoms with Crippen molar-refractivity contribution in [3.63, 3.8) is 0 Å². The van der Waals surface area contributed by atoms with Crippen molar-refractivity contribution in [1.29, 1.82) is 0 Å². The largest absolute Gasteiger partial charge is 0.494 e. The van der Waals surface area contributed by atoms with E-state index in [4.69, 9.17) is 14.2 Å². The Labute approximate surface area is 120 Å². The van der Waals surface area contributed by atoms with Crippen LogP contribution in [0.5, 0.6) is 5.75 Å². The first-order valence-electron chi connectivity index (χ1n) is 6.78. The molecule has 0 aromatic heterocycles. The second-order valence-corrected chi connectivity index (χ2v) is 4.54. The SMILES string of the molecule is CCCNC(Cc1cccc(OC)c1F)C(OC)OC. The molecule has 0 aliphatic heterocycles.